The Hall–Kier alpha value is -0.603. The molecule has 0 aliphatic heterocycles. The van der Waals surface area contributed by atoms with Crippen LogP contribution in [0.4, 0.5) is 0 Å². The minimum atomic E-state index is -0.254. The van der Waals surface area contributed by atoms with E-state index in [0.29, 0.717) is 0 Å². The van der Waals surface area contributed by atoms with Gasteiger partial charge in [0.15, 0.2) is 0 Å². The van der Waals surface area contributed by atoms with Crippen LogP contribution in [0.25, 0.3) is 0 Å². The Labute approximate surface area is 126 Å². The minimum Gasteiger partial charge on any atom is -0.319 e. The monoisotopic (exact) mass is 287 g/mol. The molecular weight excluding hydrogens is 258 g/mol. The molecule has 0 N–H and O–H groups in total. The Balaban J connectivity index is 1.71. The van der Waals surface area contributed by atoms with Crippen molar-refractivity contribution in [2.24, 2.45) is 0 Å². The van der Waals surface area contributed by atoms with E-state index in [9.17, 15) is 0 Å². The van der Waals surface area contributed by atoms with Gasteiger partial charge in [-0.05, 0) is 30.9 Å². The first-order valence-corrected chi connectivity index (χ1v) is 10.1. The predicted molar refractivity (Wildman–Crippen MR) is 90.2 cm³/mol. The maximum atomic E-state index is 3.02. The summed E-state index contributed by atoms with van der Waals surface area (Å²) in [6.07, 6.45) is 14.7. The lowest BCUT2D eigenvalue weighted by atomic mass is 9.91. The molecule has 0 amide bonds. The average molecular weight is 288 g/mol. The van der Waals surface area contributed by atoms with Crippen LogP contribution >= 0.6 is 0 Å². The SMILES string of the molecule is c1ccc([SiH2]N(C2CCCCC2)C2CCCCC2)cc1. The lowest BCUT2D eigenvalue weighted by molar-refractivity contribution is 0.172. The minimum absolute atomic E-state index is 0.254. The summed E-state index contributed by atoms with van der Waals surface area (Å²) in [5.41, 5.74) is 0. The maximum absolute atomic E-state index is 3.02. The fraction of sp³-hybridized carbons (Fsp3) is 0.667. The van der Waals surface area contributed by atoms with Crippen molar-refractivity contribution in [1.82, 2.24) is 4.57 Å². The first-order chi connectivity index (χ1) is 9.93. The highest BCUT2D eigenvalue weighted by Crippen LogP contribution is 2.29. The second kappa shape index (κ2) is 7.42. The fourth-order valence-electron chi connectivity index (χ4n) is 4.18. The van der Waals surface area contributed by atoms with Crippen LogP contribution in [-0.4, -0.2) is 26.3 Å². The first-order valence-electron chi connectivity index (χ1n) is 8.73. The van der Waals surface area contributed by atoms with Gasteiger partial charge in [0.2, 0.25) is 0 Å². The topological polar surface area (TPSA) is 3.24 Å². The Morgan fingerprint density at radius 3 is 1.70 bits per heavy atom. The van der Waals surface area contributed by atoms with Gasteiger partial charge < -0.3 is 4.57 Å². The van der Waals surface area contributed by atoms with Crippen molar-refractivity contribution in [1.29, 1.82) is 0 Å². The normalized spacial score (nSPS) is 22.9. The molecule has 0 saturated heterocycles. The maximum Gasteiger partial charge on any atom is 0.127 e. The molecule has 2 aliphatic carbocycles. The van der Waals surface area contributed by atoms with Crippen LogP contribution in [0.3, 0.4) is 0 Å². The molecule has 0 bridgehead atoms. The van der Waals surface area contributed by atoms with Crippen molar-refractivity contribution in [2.45, 2.75) is 76.3 Å². The van der Waals surface area contributed by atoms with E-state index in [-0.39, 0.29) is 9.68 Å². The van der Waals surface area contributed by atoms with Gasteiger partial charge in [-0.1, -0.05) is 68.9 Å². The zero-order valence-electron chi connectivity index (χ0n) is 12.8. The lowest BCUT2D eigenvalue weighted by Crippen LogP contribution is -2.50. The van der Waals surface area contributed by atoms with Gasteiger partial charge in [0, 0.05) is 12.1 Å². The van der Waals surface area contributed by atoms with Crippen molar-refractivity contribution < 1.29 is 0 Å². The smallest absolute Gasteiger partial charge is 0.127 e. The summed E-state index contributed by atoms with van der Waals surface area (Å²) < 4.78 is 3.02. The zero-order valence-corrected chi connectivity index (χ0v) is 14.2. The van der Waals surface area contributed by atoms with Gasteiger partial charge in [-0.15, -0.1) is 0 Å². The van der Waals surface area contributed by atoms with Gasteiger partial charge in [0.25, 0.3) is 0 Å². The molecule has 0 radical (unpaired) electrons. The Morgan fingerprint density at radius 2 is 1.20 bits per heavy atom. The Kier molecular flexibility index (Phi) is 5.32. The second-order valence-electron chi connectivity index (χ2n) is 6.74. The molecule has 1 nitrogen and oxygen atoms in total. The molecule has 0 spiro atoms. The number of hydrogen-bond donors (Lipinski definition) is 0. The fourth-order valence-corrected chi connectivity index (χ4v) is 6.33. The largest absolute Gasteiger partial charge is 0.319 e. The zero-order chi connectivity index (χ0) is 13.6. The summed E-state index contributed by atoms with van der Waals surface area (Å²) in [5, 5.41) is 1.64. The van der Waals surface area contributed by atoms with Crippen LogP contribution in [0.1, 0.15) is 64.2 Å². The van der Waals surface area contributed by atoms with Crippen LogP contribution in [0.5, 0.6) is 0 Å². The average Bonchev–Trinajstić information content (AvgIpc) is 2.55. The van der Waals surface area contributed by atoms with Gasteiger partial charge >= 0.3 is 0 Å². The molecule has 0 aromatic heterocycles. The van der Waals surface area contributed by atoms with E-state index in [2.05, 4.69) is 34.9 Å². The second-order valence-corrected chi connectivity index (χ2v) is 8.60. The highest BCUT2D eigenvalue weighted by atomic mass is 28.2. The van der Waals surface area contributed by atoms with Gasteiger partial charge in [-0.25, -0.2) is 0 Å². The summed E-state index contributed by atoms with van der Waals surface area (Å²) >= 11 is 0. The molecule has 2 heteroatoms. The van der Waals surface area contributed by atoms with Crippen LogP contribution in [-0.2, 0) is 0 Å². The third-order valence-electron chi connectivity index (χ3n) is 5.30. The molecule has 0 atom stereocenters. The molecule has 2 saturated carbocycles. The molecule has 2 aliphatic rings. The molecule has 0 heterocycles. The molecule has 20 heavy (non-hydrogen) atoms. The van der Waals surface area contributed by atoms with Crippen LogP contribution in [0.2, 0.25) is 0 Å². The summed E-state index contributed by atoms with van der Waals surface area (Å²) in [4.78, 5) is 0. The summed E-state index contributed by atoms with van der Waals surface area (Å²) in [7, 11) is -0.254. The highest BCUT2D eigenvalue weighted by Gasteiger charge is 2.28. The molecule has 110 valence electrons. The van der Waals surface area contributed by atoms with E-state index < -0.39 is 0 Å². The van der Waals surface area contributed by atoms with Gasteiger partial charge in [0.1, 0.15) is 9.68 Å². The Bertz CT molecular complexity index is 362. The third-order valence-corrected chi connectivity index (χ3v) is 7.53. The summed E-state index contributed by atoms with van der Waals surface area (Å²) in [6.45, 7) is 0. The molecule has 2 fully saturated rings. The molecule has 1 aromatic carbocycles. The number of rotatable bonds is 4. The third kappa shape index (κ3) is 3.73. The molecule has 3 rings (SSSR count). The van der Waals surface area contributed by atoms with Gasteiger partial charge in [-0.3, -0.25) is 0 Å². The van der Waals surface area contributed by atoms with Crippen molar-refractivity contribution in [3.63, 3.8) is 0 Å². The first kappa shape index (κ1) is 14.3. The van der Waals surface area contributed by atoms with Gasteiger partial charge in [0.05, 0.1) is 0 Å². The van der Waals surface area contributed by atoms with Crippen molar-refractivity contribution in [2.75, 3.05) is 0 Å². The number of nitrogens with zero attached hydrogens (tertiary/aromatic N) is 1. The summed E-state index contributed by atoms with van der Waals surface area (Å²) in [5.74, 6) is 0. The van der Waals surface area contributed by atoms with Crippen LogP contribution < -0.4 is 5.19 Å². The Morgan fingerprint density at radius 1 is 0.700 bits per heavy atom. The van der Waals surface area contributed by atoms with E-state index in [1.807, 2.05) is 0 Å². The number of benzene rings is 1. The van der Waals surface area contributed by atoms with E-state index in [4.69, 9.17) is 0 Å². The van der Waals surface area contributed by atoms with E-state index in [0.717, 1.165) is 12.1 Å². The molecule has 1 aromatic rings. The van der Waals surface area contributed by atoms with Crippen LogP contribution in [0.15, 0.2) is 30.3 Å². The predicted octanol–water partition coefficient (Wildman–Crippen LogP) is 3.36. The molecule has 0 unspecified atom stereocenters. The van der Waals surface area contributed by atoms with E-state index in [1.165, 1.54) is 64.2 Å². The lowest BCUT2D eigenvalue weighted by Gasteiger charge is -2.42. The van der Waals surface area contributed by atoms with Crippen LogP contribution in [0, 0.1) is 0 Å². The summed E-state index contributed by atoms with van der Waals surface area (Å²) in [6, 6.07) is 13.2. The van der Waals surface area contributed by atoms with E-state index in [1.54, 1.807) is 5.19 Å². The quantitative estimate of drug-likeness (QED) is 0.768. The molecular formula is C18H29NSi. The van der Waals surface area contributed by atoms with Gasteiger partial charge in [-0.2, -0.15) is 0 Å². The van der Waals surface area contributed by atoms with Crippen molar-refractivity contribution >= 4 is 14.9 Å². The van der Waals surface area contributed by atoms with Crippen molar-refractivity contribution in [3.05, 3.63) is 30.3 Å². The number of hydrogen-bond acceptors (Lipinski definition) is 1. The standard InChI is InChI=1S/C18H29NSi/c1-4-10-16(11-5-1)19(17-12-6-2-7-13-17)20-18-14-8-3-9-15-18/h3,8-9,14-17H,1-2,4-7,10-13,20H2. The van der Waals surface area contributed by atoms with Crippen molar-refractivity contribution in [3.8, 4) is 0 Å². The highest BCUT2D eigenvalue weighted by molar-refractivity contribution is 6.50. The van der Waals surface area contributed by atoms with E-state index >= 15 is 0 Å².